The van der Waals surface area contributed by atoms with Gasteiger partial charge in [0.25, 0.3) is 5.69 Å². The molecule has 8 nitrogen and oxygen atoms in total. The number of amides is 1. The molecule has 2 N–H and O–H groups in total. The van der Waals surface area contributed by atoms with Crippen molar-refractivity contribution in [2.75, 3.05) is 31.5 Å². The SMILES string of the molecule is O=C(CN1CCNCC1c1cccnc1)Nc1ccccc1[N+](=O)[O-]. The number of anilines is 1. The van der Waals surface area contributed by atoms with E-state index < -0.39 is 4.92 Å². The molecule has 2 aromatic rings. The Kier molecular flexibility index (Phi) is 5.32. The molecule has 0 aliphatic carbocycles. The molecule has 0 radical (unpaired) electrons. The van der Waals surface area contributed by atoms with E-state index in [9.17, 15) is 14.9 Å². The summed E-state index contributed by atoms with van der Waals surface area (Å²) in [4.78, 5) is 29.2. The molecule has 1 aromatic heterocycles. The van der Waals surface area contributed by atoms with Crippen molar-refractivity contribution < 1.29 is 9.72 Å². The molecule has 1 fully saturated rings. The zero-order valence-corrected chi connectivity index (χ0v) is 13.6. The zero-order chi connectivity index (χ0) is 17.6. The van der Waals surface area contributed by atoms with Gasteiger partial charge < -0.3 is 10.6 Å². The second kappa shape index (κ2) is 7.82. The van der Waals surface area contributed by atoms with E-state index in [1.165, 1.54) is 12.1 Å². The van der Waals surface area contributed by atoms with Crippen molar-refractivity contribution in [1.29, 1.82) is 0 Å². The van der Waals surface area contributed by atoms with E-state index in [4.69, 9.17) is 0 Å². The van der Waals surface area contributed by atoms with Gasteiger partial charge in [-0.15, -0.1) is 0 Å². The summed E-state index contributed by atoms with van der Waals surface area (Å²) in [6.45, 7) is 2.39. The minimum Gasteiger partial charge on any atom is -0.319 e. The van der Waals surface area contributed by atoms with Crippen LogP contribution in [-0.4, -0.2) is 46.9 Å². The molecule has 3 rings (SSSR count). The normalized spacial score (nSPS) is 17.8. The molecule has 25 heavy (non-hydrogen) atoms. The number of nitro benzene ring substituents is 1. The number of aromatic nitrogens is 1. The van der Waals surface area contributed by atoms with Crippen molar-refractivity contribution in [2.45, 2.75) is 6.04 Å². The number of carbonyl (C=O) groups excluding carboxylic acids is 1. The molecule has 1 aliphatic rings. The number of para-hydroxylation sites is 2. The average Bonchev–Trinajstić information content (AvgIpc) is 2.63. The van der Waals surface area contributed by atoms with Crippen LogP contribution in [0.1, 0.15) is 11.6 Å². The summed E-state index contributed by atoms with van der Waals surface area (Å²) in [6, 6.07) is 10.0. The lowest BCUT2D eigenvalue weighted by molar-refractivity contribution is -0.383. The maximum Gasteiger partial charge on any atom is 0.292 e. The molecule has 2 heterocycles. The molecule has 0 saturated carbocycles. The molecule has 0 bridgehead atoms. The fourth-order valence-corrected chi connectivity index (χ4v) is 2.95. The minimum atomic E-state index is -0.501. The number of piperazine rings is 1. The van der Waals surface area contributed by atoms with Crippen LogP contribution in [0.5, 0.6) is 0 Å². The molecule has 8 heteroatoms. The second-order valence-electron chi connectivity index (χ2n) is 5.80. The Bertz CT molecular complexity index is 753. The number of carbonyl (C=O) groups is 1. The van der Waals surface area contributed by atoms with Gasteiger partial charge in [0.05, 0.1) is 11.5 Å². The van der Waals surface area contributed by atoms with E-state index >= 15 is 0 Å². The van der Waals surface area contributed by atoms with Crippen LogP contribution in [0.2, 0.25) is 0 Å². The van der Waals surface area contributed by atoms with E-state index in [0.29, 0.717) is 6.54 Å². The van der Waals surface area contributed by atoms with Crippen LogP contribution in [0.4, 0.5) is 11.4 Å². The quantitative estimate of drug-likeness (QED) is 0.632. The minimum absolute atomic E-state index is 0.0407. The molecule has 1 atom stereocenters. The van der Waals surface area contributed by atoms with Crippen LogP contribution in [-0.2, 0) is 4.79 Å². The highest BCUT2D eigenvalue weighted by Gasteiger charge is 2.26. The van der Waals surface area contributed by atoms with Gasteiger partial charge in [0.15, 0.2) is 0 Å². The lowest BCUT2D eigenvalue weighted by Gasteiger charge is -2.35. The summed E-state index contributed by atoms with van der Waals surface area (Å²) in [5.41, 5.74) is 1.14. The first-order chi connectivity index (χ1) is 12.1. The maximum absolute atomic E-state index is 12.4. The van der Waals surface area contributed by atoms with Gasteiger partial charge in [0.1, 0.15) is 5.69 Å². The van der Waals surface area contributed by atoms with Gasteiger partial charge in [-0.05, 0) is 17.7 Å². The Labute approximate surface area is 145 Å². The second-order valence-corrected chi connectivity index (χ2v) is 5.80. The lowest BCUT2D eigenvalue weighted by Crippen LogP contribution is -2.48. The highest BCUT2D eigenvalue weighted by Crippen LogP contribution is 2.24. The largest absolute Gasteiger partial charge is 0.319 e. The van der Waals surface area contributed by atoms with Gasteiger partial charge in [0, 0.05) is 44.1 Å². The molecule has 1 amide bonds. The van der Waals surface area contributed by atoms with Crippen LogP contribution in [0.3, 0.4) is 0 Å². The molecule has 130 valence electrons. The number of nitrogens with zero attached hydrogens (tertiary/aromatic N) is 3. The highest BCUT2D eigenvalue weighted by molar-refractivity contribution is 5.94. The molecular formula is C17H19N5O3. The summed E-state index contributed by atoms with van der Waals surface area (Å²) in [6.07, 6.45) is 3.51. The fourth-order valence-electron chi connectivity index (χ4n) is 2.95. The van der Waals surface area contributed by atoms with Crippen LogP contribution in [0, 0.1) is 10.1 Å². The summed E-state index contributed by atoms with van der Waals surface area (Å²) in [5.74, 6) is -0.273. The Morgan fingerprint density at radius 3 is 2.96 bits per heavy atom. The van der Waals surface area contributed by atoms with E-state index in [1.54, 1.807) is 24.5 Å². The number of hydrogen-bond acceptors (Lipinski definition) is 6. The first kappa shape index (κ1) is 17.0. The fraction of sp³-hybridized carbons (Fsp3) is 0.294. The van der Waals surface area contributed by atoms with E-state index in [2.05, 4.69) is 20.5 Å². The number of benzene rings is 1. The summed E-state index contributed by atoms with van der Waals surface area (Å²) in [7, 11) is 0. The van der Waals surface area contributed by atoms with E-state index in [1.807, 2.05) is 12.1 Å². The first-order valence-corrected chi connectivity index (χ1v) is 8.03. The van der Waals surface area contributed by atoms with Crippen molar-refractivity contribution in [3.05, 3.63) is 64.5 Å². The van der Waals surface area contributed by atoms with Crippen molar-refractivity contribution in [3.8, 4) is 0 Å². The van der Waals surface area contributed by atoms with Crippen LogP contribution in [0.25, 0.3) is 0 Å². The number of hydrogen-bond donors (Lipinski definition) is 2. The lowest BCUT2D eigenvalue weighted by atomic mass is 10.1. The summed E-state index contributed by atoms with van der Waals surface area (Å²) < 4.78 is 0. The van der Waals surface area contributed by atoms with Crippen molar-refractivity contribution in [3.63, 3.8) is 0 Å². The topological polar surface area (TPSA) is 100 Å². The van der Waals surface area contributed by atoms with Gasteiger partial charge in [-0.1, -0.05) is 18.2 Å². The predicted molar refractivity (Wildman–Crippen MR) is 93.1 cm³/mol. The number of rotatable bonds is 5. The zero-order valence-electron chi connectivity index (χ0n) is 13.6. The summed E-state index contributed by atoms with van der Waals surface area (Å²) >= 11 is 0. The third kappa shape index (κ3) is 4.17. The third-order valence-corrected chi connectivity index (χ3v) is 4.14. The Morgan fingerprint density at radius 1 is 1.36 bits per heavy atom. The molecule has 1 aromatic carbocycles. The Balaban J connectivity index is 1.70. The molecule has 1 saturated heterocycles. The first-order valence-electron chi connectivity index (χ1n) is 8.03. The van der Waals surface area contributed by atoms with Crippen LogP contribution < -0.4 is 10.6 Å². The molecular weight excluding hydrogens is 322 g/mol. The highest BCUT2D eigenvalue weighted by atomic mass is 16.6. The van der Waals surface area contributed by atoms with Crippen molar-refractivity contribution in [2.24, 2.45) is 0 Å². The van der Waals surface area contributed by atoms with Gasteiger partial charge in [-0.3, -0.25) is 24.8 Å². The standard InChI is InChI=1S/C17H19N5O3/c23-17(20-14-5-1-2-6-15(14)22(24)25)12-21-9-8-19-11-16(21)13-4-3-7-18-10-13/h1-7,10,16,19H,8-9,11-12H2,(H,20,23). The van der Waals surface area contributed by atoms with Crippen molar-refractivity contribution >= 4 is 17.3 Å². The van der Waals surface area contributed by atoms with E-state index in [-0.39, 0.29) is 29.9 Å². The van der Waals surface area contributed by atoms with Crippen LogP contribution in [0.15, 0.2) is 48.8 Å². The smallest absolute Gasteiger partial charge is 0.292 e. The third-order valence-electron chi connectivity index (χ3n) is 4.14. The maximum atomic E-state index is 12.4. The van der Waals surface area contributed by atoms with Crippen LogP contribution >= 0.6 is 0 Å². The molecule has 0 spiro atoms. The number of nitrogens with one attached hydrogen (secondary N) is 2. The van der Waals surface area contributed by atoms with Gasteiger partial charge in [0.2, 0.25) is 5.91 Å². The van der Waals surface area contributed by atoms with Gasteiger partial charge >= 0.3 is 0 Å². The predicted octanol–water partition coefficient (Wildman–Crippen LogP) is 1.57. The van der Waals surface area contributed by atoms with Crippen molar-refractivity contribution in [1.82, 2.24) is 15.2 Å². The van der Waals surface area contributed by atoms with Gasteiger partial charge in [-0.2, -0.15) is 0 Å². The monoisotopic (exact) mass is 341 g/mol. The average molecular weight is 341 g/mol. The number of nitro groups is 1. The Hall–Kier alpha value is -2.84. The molecule has 1 aliphatic heterocycles. The number of pyridine rings is 1. The van der Waals surface area contributed by atoms with E-state index in [0.717, 1.165) is 18.7 Å². The Morgan fingerprint density at radius 2 is 2.20 bits per heavy atom. The summed E-state index contributed by atoms with van der Waals surface area (Å²) in [5, 5.41) is 17.0. The van der Waals surface area contributed by atoms with Gasteiger partial charge in [-0.25, -0.2) is 0 Å². The molecule has 1 unspecified atom stereocenters.